The third-order valence-electron chi connectivity index (χ3n) is 2.44. The van der Waals surface area contributed by atoms with Crippen LogP contribution in [0.15, 0.2) is 22.5 Å². The highest BCUT2D eigenvalue weighted by Crippen LogP contribution is 2.26. The van der Waals surface area contributed by atoms with Gasteiger partial charge >= 0.3 is 5.69 Å². The maximum atomic E-state index is 11.7. The molecule has 0 bridgehead atoms. The normalized spacial score (nSPS) is 21.1. The van der Waals surface area contributed by atoms with Crippen LogP contribution in [-0.4, -0.2) is 23.7 Å². The monoisotopic (exact) mass is 318 g/mol. The summed E-state index contributed by atoms with van der Waals surface area (Å²) in [6.07, 6.45) is 4.99. The first-order valence-electron chi connectivity index (χ1n) is 4.62. The minimum absolute atomic E-state index is 0.209. The first kappa shape index (κ1) is 10.6. The fourth-order valence-corrected chi connectivity index (χ4v) is 2.08. The molecule has 6 heteroatoms. The summed E-state index contributed by atoms with van der Waals surface area (Å²) in [6, 6.07) is 0. The van der Waals surface area contributed by atoms with Gasteiger partial charge in [0.1, 0.15) is 0 Å². The molecule has 1 aromatic rings. The second-order valence-corrected chi connectivity index (χ2v) is 4.97. The van der Waals surface area contributed by atoms with Crippen LogP contribution in [0.2, 0.25) is 0 Å². The number of halogens is 1. The Morgan fingerprint density at radius 2 is 2.27 bits per heavy atom. The van der Waals surface area contributed by atoms with Crippen LogP contribution in [0.25, 0.3) is 5.70 Å². The number of aryl methyl sites for hydroxylation is 1. The summed E-state index contributed by atoms with van der Waals surface area (Å²) < 4.78 is 3.00. The molecular weight excluding hydrogens is 307 g/mol. The van der Waals surface area contributed by atoms with Crippen LogP contribution in [0.5, 0.6) is 0 Å². The summed E-state index contributed by atoms with van der Waals surface area (Å²) in [4.78, 5) is 11.7. The molecule has 0 spiro atoms. The molecule has 1 aromatic heterocycles. The van der Waals surface area contributed by atoms with Crippen molar-refractivity contribution in [2.75, 3.05) is 0 Å². The highest BCUT2D eigenvalue weighted by atomic mass is 127. The minimum Gasteiger partial charge on any atom is -0.244 e. The summed E-state index contributed by atoms with van der Waals surface area (Å²) in [5, 5.41) is 7.53. The van der Waals surface area contributed by atoms with Crippen LogP contribution in [0.4, 0.5) is 0 Å². The second-order valence-electron chi connectivity index (χ2n) is 3.47. The van der Waals surface area contributed by atoms with Gasteiger partial charge in [0.05, 0.1) is 5.70 Å². The Balaban J connectivity index is 2.56. The van der Waals surface area contributed by atoms with Crippen molar-refractivity contribution in [3.05, 3.63) is 28.2 Å². The lowest BCUT2D eigenvalue weighted by molar-refractivity contribution is 0.693. The van der Waals surface area contributed by atoms with Crippen LogP contribution in [0.3, 0.4) is 0 Å². The van der Waals surface area contributed by atoms with Crippen molar-refractivity contribution in [3.8, 4) is 0 Å². The van der Waals surface area contributed by atoms with E-state index in [-0.39, 0.29) is 5.69 Å². The van der Waals surface area contributed by atoms with E-state index in [1.54, 1.807) is 7.05 Å². The Bertz CT molecular complexity index is 496. The zero-order chi connectivity index (χ0) is 11.0. The Morgan fingerprint density at radius 1 is 1.53 bits per heavy atom. The highest BCUT2D eigenvalue weighted by Gasteiger charge is 2.17. The molecule has 80 valence electrons. The van der Waals surface area contributed by atoms with Crippen LogP contribution in [0.1, 0.15) is 13.3 Å². The average molecular weight is 318 g/mol. The van der Waals surface area contributed by atoms with Crippen molar-refractivity contribution in [2.24, 2.45) is 7.05 Å². The topological polar surface area (TPSA) is 52.7 Å². The molecule has 0 saturated heterocycles. The van der Waals surface area contributed by atoms with Gasteiger partial charge in [-0.15, -0.1) is 0 Å². The summed E-state index contributed by atoms with van der Waals surface area (Å²) in [7, 11) is 1.59. The van der Waals surface area contributed by atoms with E-state index in [1.165, 1.54) is 14.9 Å². The molecule has 0 fully saturated rings. The van der Waals surface area contributed by atoms with Crippen molar-refractivity contribution in [3.63, 3.8) is 0 Å². The number of alkyl halides is 1. The molecule has 15 heavy (non-hydrogen) atoms. The Morgan fingerprint density at radius 3 is 2.87 bits per heavy atom. The number of aromatic nitrogens is 4. The minimum atomic E-state index is -0.209. The predicted molar refractivity (Wildman–Crippen MR) is 65.7 cm³/mol. The lowest BCUT2D eigenvalue weighted by Crippen LogP contribution is -2.24. The number of tetrazole rings is 1. The van der Waals surface area contributed by atoms with E-state index in [0.29, 0.717) is 3.92 Å². The third kappa shape index (κ3) is 1.77. The van der Waals surface area contributed by atoms with E-state index in [0.717, 1.165) is 12.1 Å². The maximum absolute atomic E-state index is 11.7. The lowest BCUT2D eigenvalue weighted by atomic mass is 10.0. The number of nitrogens with zero attached hydrogens (tertiary/aromatic N) is 4. The molecule has 2 rings (SSSR count). The van der Waals surface area contributed by atoms with Gasteiger partial charge in [-0.25, -0.2) is 4.79 Å². The van der Waals surface area contributed by atoms with Crippen LogP contribution >= 0.6 is 22.6 Å². The second kappa shape index (κ2) is 3.92. The van der Waals surface area contributed by atoms with Crippen LogP contribution < -0.4 is 5.69 Å². The van der Waals surface area contributed by atoms with Crippen LogP contribution in [0, 0.1) is 0 Å². The van der Waals surface area contributed by atoms with Gasteiger partial charge < -0.3 is 0 Å². The van der Waals surface area contributed by atoms with Gasteiger partial charge in [-0.1, -0.05) is 28.7 Å². The van der Waals surface area contributed by atoms with E-state index < -0.39 is 0 Å². The van der Waals surface area contributed by atoms with Gasteiger partial charge in [0.15, 0.2) is 0 Å². The van der Waals surface area contributed by atoms with Crippen molar-refractivity contribution < 1.29 is 0 Å². The van der Waals surface area contributed by atoms with Gasteiger partial charge in [0.25, 0.3) is 0 Å². The Labute approximate surface area is 101 Å². The van der Waals surface area contributed by atoms with Gasteiger partial charge in [-0.3, -0.25) is 0 Å². The summed E-state index contributed by atoms with van der Waals surface area (Å²) in [6.45, 7) is 2.02. The SMILES string of the molecule is CC1=C(n2nnn(C)c2=O)C=CCC1I. The molecular formula is C9H11IN4O. The quantitative estimate of drug-likeness (QED) is 0.573. The highest BCUT2D eigenvalue weighted by molar-refractivity contribution is 14.1. The van der Waals surface area contributed by atoms with Crippen molar-refractivity contribution >= 4 is 28.3 Å². The largest absolute Gasteiger partial charge is 0.368 e. The molecule has 1 heterocycles. The first-order chi connectivity index (χ1) is 7.11. The fraction of sp³-hybridized carbons (Fsp3) is 0.444. The zero-order valence-corrected chi connectivity index (χ0v) is 10.7. The molecule has 0 N–H and O–H groups in total. The molecule has 1 unspecified atom stereocenters. The number of allylic oxidation sites excluding steroid dienone is 4. The summed E-state index contributed by atoms with van der Waals surface area (Å²) in [5.74, 6) is 0. The maximum Gasteiger partial charge on any atom is 0.368 e. The van der Waals surface area contributed by atoms with Crippen molar-refractivity contribution in [1.82, 2.24) is 19.8 Å². The number of rotatable bonds is 1. The van der Waals surface area contributed by atoms with Gasteiger partial charge in [0, 0.05) is 11.0 Å². The van der Waals surface area contributed by atoms with E-state index in [4.69, 9.17) is 0 Å². The molecule has 0 aliphatic heterocycles. The lowest BCUT2D eigenvalue weighted by Gasteiger charge is -2.16. The Hall–Kier alpha value is -0.920. The number of hydrogen-bond acceptors (Lipinski definition) is 3. The van der Waals surface area contributed by atoms with E-state index in [1.807, 2.05) is 13.0 Å². The fourth-order valence-electron chi connectivity index (χ4n) is 1.47. The van der Waals surface area contributed by atoms with Gasteiger partial charge in [-0.2, -0.15) is 9.36 Å². The standard InChI is InChI=1S/C9H11IN4O/c1-6-7(10)4-3-5-8(6)14-9(15)13(2)11-12-14/h3,5,7H,4H2,1-2H3. The molecule has 1 atom stereocenters. The van der Waals surface area contributed by atoms with E-state index in [2.05, 4.69) is 39.1 Å². The summed E-state index contributed by atoms with van der Waals surface area (Å²) in [5.41, 5.74) is 1.80. The van der Waals surface area contributed by atoms with Crippen molar-refractivity contribution in [2.45, 2.75) is 17.3 Å². The van der Waals surface area contributed by atoms with Crippen molar-refractivity contribution in [1.29, 1.82) is 0 Å². The average Bonchev–Trinajstić information content (AvgIpc) is 2.53. The molecule has 0 amide bonds. The summed E-state index contributed by atoms with van der Waals surface area (Å²) >= 11 is 2.36. The smallest absolute Gasteiger partial charge is 0.244 e. The molecule has 1 aliphatic carbocycles. The Kier molecular flexibility index (Phi) is 2.76. The van der Waals surface area contributed by atoms with E-state index in [9.17, 15) is 4.79 Å². The molecule has 1 aliphatic rings. The molecule has 0 saturated carbocycles. The predicted octanol–water partition coefficient (Wildman–Crippen LogP) is 0.971. The molecule has 0 aromatic carbocycles. The molecule has 0 radical (unpaired) electrons. The molecule has 5 nitrogen and oxygen atoms in total. The van der Waals surface area contributed by atoms with Gasteiger partial charge in [-0.05, 0) is 35.4 Å². The number of hydrogen-bond donors (Lipinski definition) is 0. The zero-order valence-electron chi connectivity index (χ0n) is 8.51. The first-order valence-corrected chi connectivity index (χ1v) is 5.86. The van der Waals surface area contributed by atoms with E-state index >= 15 is 0 Å². The third-order valence-corrected chi connectivity index (χ3v) is 3.89. The van der Waals surface area contributed by atoms with Gasteiger partial charge in [0.2, 0.25) is 0 Å². The van der Waals surface area contributed by atoms with Crippen LogP contribution in [-0.2, 0) is 7.05 Å².